The predicted molar refractivity (Wildman–Crippen MR) is 70.4 cm³/mol. The lowest BCUT2D eigenvalue weighted by atomic mass is 9.95. The van der Waals surface area contributed by atoms with E-state index in [9.17, 15) is 4.79 Å². The highest BCUT2D eigenvalue weighted by atomic mass is 16.4. The van der Waals surface area contributed by atoms with Gasteiger partial charge < -0.3 is 10.4 Å². The van der Waals surface area contributed by atoms with E-state index >= 15 is 0 Å². The van der Waals surface area contributed by atoms with Crippen LogP contribution in [0, 0.1) is 0 Å². The van der Waals surface area contributed by atoms with E-state index in [1.807, 2.05) is 6.07 Å². The fourth-order valence-corrected chi connectivity index (χ4v) is 2.57. The third-order valence-corrected chi connectivity index (χ3v) is 3.53. The predicted octanol–water partition coefficient (Wildman–Crippen LogP) is 2.17. The normalized spacial score (nSPS) is 16.6. The molecule has 0 spiro atoms. The molecule has 1 aliphatic rings. The Morgan fingerprint density at radius 3 is 2.89 bits per heavy atom. The molecule has 1 saturated carbocycles. The first-order chi connectivity index (χ1) is 9.24. The minimum Gasteiger partial charge on any atom is -0.476 e. The summed E-state index contributed by atoms with van der Waals surface area (Å²) in [5.41, 5.74) is 0.573. The van der Waals surface area contributed by atoms with Gasteiger partial charge in [0.2, 0.25) is 0 Å². The third-order valence-electron chi connectivity index (χ3n) is 3.53. The summed E-state index contributed by atoms with van der Waals surface area (Å²) in [4.78, 5) is 15.1. The Bertz CT molecular complexity index is 602. The highest BCUT2D eigenvalue weighted by molar-refractivity contribution is 5.86. The zero-order valence-corrected chi connectivity index (χ0v) is 10.5. The van der Waals surface area contributed by atoms with Crippen LogP contribution in [-0.2, 0) is 0 Å². The number of hydrogen-bond acceptors (Lipinski definition) is 4. The van der Waals surface area contributed by atoms with Gasteiger partial charge in [-0.3, -0.25) is 0 Å². The quantitative estimate of drug-likeness (QED) is 0.884. The van der Waals surface area contributed by atoms with Crippen molar-refractivity contribution in [3.63, 3.8) is 0 Å². The number of nitrogens with zero attached hydrogens (tertiary/aromatic N) is 3. The molecular formula is C13H16N4O2. The average Bonchev–Trinajstić information content (AvgIpc) is 2.85. The molecule has 19 heavy (non-hydrogen) atoms. The summed E-state index contributed by atoms with van der Waals surface area (Å²) in [5, 5.41) is 16.5. The SMILES string of the molecule is O=C(O)c1cc2nccc(NC3CCCCC3)n2n1. The smallest absolute Gasteiger partial charge is 0.356 e. The molecular weight excluding hydrogens is 244 g/mol. The summed E-state index contributed by atoms with van der Waals surface area (Å²) in [6.45, 7) is 0. The van der Waals surface area contributed by atoms with Crippen LogP contribution >= 0.6 is 0 Å². The minimum atomic E-state index is -1.03. The number of carbonyl (C=O) groups is 1. The number of aromatic nitrogens is 3. The zero-order chi connectivity index (χ0) is 13.2. The Kier molecular flexibility index (Phi) is 3.06. The highest BCUT2D eigenvalue weighted by Gasteiger charge is 2.16. The van der Waals surface area contributed by atoms with Crippen molar-refractivity contribution in [3.05, 3.63) is 24.0 Å². The van der Waals surface area contributed by atoms with Gasteiger partial charge in [0.1, 0.15) is 5.82 Å². The Morgan fingerprint density at radius 2 is 2.16 bits per heavy atom. The zero-order valence-electron chi connectivity index (χ0n) is 10.5. The van der Waals surface area contributed by atoms with Gasteiger partial charge in [-0.2, -0.15) is 9.61 Å². The van der Waals surface area contributed by atoms with Gasteiger partial charge in [0.15, 0.2) is 11.3 Å². The average molecular weight is 260 g/mol. The minimum absolute atomic E-state index is 0.0189. The van der Waals surface area contributed by atoms with Crippen LogP contribution in [0.2, 0.25) is 0 Å². The van der Waals surface area contributed by atoms with E-state index < -0.39 is 5.97 Å². The van der Waals surface area contributed by atoms with Crippen molar-refractivity contribution in [2.24, 2.45) is 0 Å². The van der Waals surface area contributed by atoms with Gasteiger partial charge in [0.05, 0.1) is 0 Å². The molecule has 0 aromatic carbocycles. The number of anilines is 1. The van der Waals surface area contributed by atoms with E-state index in [2.05, 4.69) is 15.4 Å². The van der Waals surface area contributed by atoms with Crippen LogP contribution in [0.25, 0.3) is 5.65 Å². The van der Waals surface area contributed by atoms with Crippen LogP contribution in [0.1, 0.15) is 42.6 Å². The standard InChI is InChI=1S/C13H16N4O2/c18-13(19)10-8-12-14-7-6-11(17(12)16-10)15-9-4-2-1-3-5-9/h6-9,15H,1-5H2,(H,18,19). The Labute approximate surface area is 110 Å². The summed E-state index contributed by atoms with van der Waals surface area (Å²) in [5.74, 6) is -0.224. The molecule has 1 aliphatic carbocycles. The number of carboxylic acid groups (broad SMARTS) is 1. The first kappa shape index (κ1) is 12.0. The number of fused-ring (bicyclic) bond motifs is 1. The van der Waals surface area contributed by atoms with E-state index in [4.69, 9.17) is 5.11 Å². The molecule has 0 saturated heterocycles. The lowest BCUT2D eigenvalue weighted by Crippen LogP contribution is -2.23. The van der Waals surface area contributed by atoms with Crippen LogP contribution in [-0.4, -0.2) is 31.7 Å². The summed E-state index contributed by atoms with van der Waals surface area (Å²) in [7, 11) is 0. The molecule has 0 bridgehead atoms. The highest BCUT2D eigenvalue weighted by Crippen LogP contribution is 2.21. The van der Waals surface area contributed by atoms with Crippen molar-refractivity contribution in [3.8, 4) is 0 Å². The maximum atomic E-state index is 10.9. The van der Waals surface area contributed by atoms with Crippen molar-refractivity contribution >= 4 is 17.4 Å². The van der Waals surface area contributed by atoms with Crippen molar-refractivity contribution in [1.82, 2.24) is 14.6 Å². The number of nitrogens with one attached hydrogen (secondary N) is 1. The van der Waals surface area contributed by atoms with E-state index in [-0.39, 0.29) is 5.69 Å². The first-order valence-electron chi connectivity index (χ1n) is 6.58. The number of carboxylic acids is 1. The molecule has 0 aliphatic heterocycles. The van der Waals surface area contributed by atoms with Gasteiger partial charge in [-0.1, -0.05) is 19.3 Å². The molecule has 3 rings (SSSR count). The summed E-state index contributed by atoms with van der Waals surface area (Å²) >= 11 is 0. The number of rotatable bonds is 3. The van der Waals surface area contributed by atoms with Crippen molar-refractivity contribution in [2.45, 2.75) is 38.1 Å². The maximum Gasteiger partial charge on any atom is 0.356 e. The molecule has 6 nitrogen and oxygen atoms in total. The second-order valence-electron chi connectivity index (χ2n) is 4.91. The maximum absolute atomic E-state index is 10.9. The second kappa shape index (κ2) is 4.87. The van der Waals surface area contributed by atoms with Gasteiger partial charge in [0.25, 0.3) is 0 Å². The molecule has 0 unspecified atom stereocenters. The van der Waals surface area contributed by atoms with Gasteiger partial charge >= 0.3 is 5.97 Å². The number of aromatic carboxylic acids is 1. The van der Waals surface area contributed by atoms with Crippen LogP contribution < -0.4 is 5.32 Å². The van der Waals surface area contributed by atoms with E-state index in [1.165, 1.54) is 25.3 Å². The Balaban J connectivity index is 1.91. The van der Waals surface area contributed by atoms with Gasteiger partial charge in [-0.05, 0) is 18.9 Å². The topological polar surface area (TPSA) is 79.5 Å². The molecule has 6 heteroatoms. The lowest BCUT2D eigenvalue weighted by Gasteiger charge is -2.23. The van der Waals surface area contributed by atoms with Crippen molar-refractivity contribution in [2.75, 3.05) is 5.32 Å². The molecule has 2 heterocycles. The summed E-state index contributed by atoms with van der Waals surface area (Å²) in [6.07, 6.45) is 7.76. The molecule has 2 aromatic heterocycles. The molecule has 2 N–H and O–H groups in total. The fourth-order valence-electron chi connectivity index (χ4n) is 2.57. The van der Waals surface area contributed by atoms with Gasteiger partial charge in [-0.25, -0.2) is 9.78 Å². The van der Waals surface area contributed by atoms with E-state index in [0.717, 1.165) is 18.7 Å². The lowest BCUT2D eigenvalue weighted by molar-refractivity contribution is 0.0690. The van der Waals surface area contributed by atoms with Gasteiger partial charge in [-0.15, -0.1) is 0 Å². The molecule has 0 atom stereocenters. The molecule has 0 radical (unpaired) electrons. The summed E-state index contributed by atoms with van der Waals surface area (Å²) < 4.78 is 1.57. The first-order valence-corrected chi connectivity index (χ1v) is 6.58. The third kappa shape index (κ3) is 2.38. The van der Waals surface area contributed by atoms with Crippen LogP contribution in [0.5, 0.6) is 0 Å². The molecule has 0 amide bonds. The fraction of sp³-hybridized carbons (Fsp3) is 0.462. The second-order valence-corrected chi connectivity index (χ2v) is 4.91. The Morgan fingerprint density at radius 1 is 1.37 bits per heavy atom. The van der Waals surface area contributed by atoms with Crippen LogP contribution in [0.3, 0.4) is 0 Å². The Hall–Kier alpha value is -2.11. The van der Waals surface area contributed by atoms with Crippen molar-refractivity contribution < 1.29 is 9.90 Å². The summed E-state index contributed by atoms with van der Waals surface area (Å²) in [6, 6.07) is 3.76. The number of hydrogen-bond donors (Lipinski definition) is 2. The van der Waals surface area contributed by atoms with Crippen molar-refractivity contribution in [1.29, 1.82) is 0 Å². The molecule has 100 valence electrons. The van der Waals surface area contributed by atoms with Gasteiger partial charge in [0, 0.05) is 18.3 Å². The molecule has 2 aromatic rings. The van der Waals surface area contributed by atoms with Crippen LogP contribution in [0.4, 0.5) is 5.82 Å². The monoisotopic (exact) mass is 260 g/mol. The van der Waals surface area contributed by atoms with E-state index in [0.29, 0.717) is 11.7 Å². The van der Waals surface area contributed by atoms with Crippen LogP contribution in [0.15, 0.2) is 18.3 Å². The van der Waals surface area contributed by atoms with E-state index in [1.54, 1.807) is 10.7 Å². The largest absolute Gasteiger partial charge is 0.476 e. The molecule has 1 fully saturated rings.